The smallest absolute Gasteiger partial charge is 0.237 e. The van der Waals surface area contributed by atoms with Gasteiger partial charge in [-0.3, -0.25) is 4.79 Å². The highest BCUT2D eigenvalue weighted by Crippen LogP contribution is 2.21. The monoisotopic (exact) mass is 267 g/mol. The first-order valence-electron chi connectivity index (χ1n) is 5.29. The molecular weight excluding hydrogens is 257 g/mol. The number of amides is 1. The average molecular weight is 268 g/mol. The molecule has 1 aromatic heterocycles. The fourth-order valence-electron chi connectivity index (χ4n) is 1.68. The van der Waals surface area contributed by atoms with Gasteiger partial charge in [0.15, 0.2) is 0 Å². The minimum atomic E-state index is -0.478. The molecule has 0 aliphatic carbocycles. The van der Waals surface area contributed by atoms with Crippen molar-refractivity contribution >= 4 is 17.5 Å². The number of nitrogens with zero attached hydrogens (tertiary/aromatic N) is 2. The van der Waals surface area contributed by atoms with E-state index in [1.807, 2.05) is 0 Å². The molecule has 2 rings (SSSR count). The van der Waals surface area contributed by atoms with E-state index in [1.54, 1.807) is 16.8 Å². The predicted octanol–water partition coefficient (Wildman–Crippen LogP) is 1.75. The van der Waals surface area contributed by atoms with Gasteiger partial charge in [-0.1, -0.05) is 17.7 Å². The van der Waals surface area contributed by atoms with E-state index in [0.717, 1.165) is 0 Å². The lowest BCUT2D eigenvalue weighted by molar-refractivity contribution is -0.118. The van der Waals surface area contributed by atoms with E-state index in [4.69, 9.17) is 17.3 Å². The Balaban J connectivity index is 2.29. The van der Waals surface area contributed by atoms with Crippen molar-refractivity contribution in [3.63, 3.8) is 0 Å². The zero-order valence-corrected chi connectivity index (χ0v) is 10.2. The van der Waals surface area contributed by atoms with E-state index >= 15 is 0 Å². The number of aromatic nitrogens is 2. The second-order valence-electron chi connectivity index (χ2n) is 3.81. The summed E-state index contributed by atoms with van der Waals surface area (Å²) in [7, 11) is 0. The number of carbonyl (C=O) groups excluding carboxylic acids is 1. The van der Waals surface area contributed by atoms with Gasteiger partial charge in [-0.15, -0.1) is 0 Å². The van der Waals surface area contributed by atoms with Crippen LogP contribution in [0.4, 0.5) is 4.39 Å². The number of nitrogens with two attached hydrogens (primary N) is 1. The second-order valence-corrected chi connectivity index (χ2v) is 4.22. The van der Waals surface area contributed by atoms with Gasteiger partial charge in [-0.05, 0) is 12.1 Å². The lowest BCUT2D eigenvalue weighted by Gasteiger charge is -2.08. The third-order valence-corrected chi connectivity index (χ3v) is 2.88. The Morgan fingerprint density at radius 3 is 2.94 bits per heavy atom. The molecule has 0 bridgehead atoms. The molecule has 0 saturated carbocycles. The summed E-state index contributed by atoms with van der Waals surface area (Å²) in [6, 6.07) is 4.49. The van der Waals surface area contributed by atoms with E-state index in [1.165, 1.54) is 18.3 Å². The molecule has 18 heavy (non-hydrogen) atoms. The van der Waals surface area contributed by atoms with Crippen LogP contribution in [0.3, 0.4) is 0 Å². The van der Waals surface area contributed by atoms with Crippen LogP contribution in [0.1, 0.15) is 11.4 Å². The molecule has 0 radical (unpaired) electrons. The Kier molecular flexibility index (Phi) is 3.62. The van der Waals surface area contributed by atoms with Crippen LogP contribution in [0.25, 0.3) is 0 Å². The molecule has 6 heteroatoms. The predicted molar refractivity (Wildman–Crippen MR) is 65.6 cm³/mol. The lowest BCUT2D eigenvalue weighted by atomic mass is 10.1. The zero-order valence-electron chi connectivity index (χ0n) is 9.44. The summed E-state index contributed by atoms with van der Waals surface area (Å²) in [5.74, 6) is -0.328. The summed E-state index contributed by atoms with van der Waals surface area (Å²) < 4.78 is 15.2. The van der Waals surface area contributed by atoms with Gasteiger partial charge >= 0.3 is 0 Å². The SMILES string of the molecule is NC(=O)Cn1ccnc1Cc1c(F)cccc1Cl. The van der Waals surface area contributed by atoms with E-state index in [0.29, 0.717) is 16.4 Å². The molecule has 1 heterocycles. The number of halogens is 2. The topological polar surface area (TPSA) is 60.9 Å². The van der Waals surface area contributed by atoms with Crippen LogP contribution in [-0.2, 0) is 17.8 Å². The van der Waals surface area contributed by atoms with Crippen molar-refractivity contribution in [2.24, 2.45) is 5.73 Å². The number of hydrogen-bond donors (Lipinski definition) is 1. The number of imidazole rings is 1. The van der Waals surface area contributed by atoms with Crippen LogP contribution in [0.2, 0.25) is 5.02 Å². The standard InChI is InChI=1S/C12H11ClFN3O/c13-9-2-1-3-10(14)8(9)6-12-16-4-5-17(12)7-11(15)18/h1-5H,6-7H2,(H2,15,18). The van der Waals surface area contributed by atoms with E-state index in [-0.39, 0.29) is 13.0 Å². The summed E-state index contributed by atoms with van der Waals surface area (Å²) in [5.41, 5.74) is 5.48. The Hall–Kier alpha value is -1.88. The van der Waals surface area contributed by atoms with Crippen molar-refractivity contribution in [3.8, 4) is 0 Å². The van der Waals surface area contributed by atoms with Crippen molar-refractivity contribution in [1.82, 2.24) is 9.55 Å². The highest BCUT2D eigenvalue weighted by molar-refractivity contribution is 6.31. The van der Waals surface area contributed by atoms with Crippen molar-refractivity contribution in [2.75, 3.05) is 0 Å². The van der Waals surface area contributed by atoms with Crippen molar-refractivity contribution in [1.29, 1.82) is 0 Å². The molecule has 2 aromatic rings. The average Bonchev–Trinajstić information content (AvgIpc) is 2.70. The van der Waals surface area contributed by atoms with Gasteiger partial charge in [0.2, 0.25) is 5.91 Å². The first-order valence-corrected chi connectivity index (χ1v) is 5.67. The van der Waals surface area contributed by atoms with Crippen LogP contribution in [0, 0.1) is 5.82 Å². The van der Waals surface area contributed by atoms with E-state index in [9.17, 15) is 9.18 Å². The Morgan fingerprint density at radius 2 is 2.28 bits per heavy atom. The number of benzene rings is 1. The molecule has 0 unspecified atom stereocenters. The van der Waals surface area contributed by atoms with Gasteiger partial charge in [0.05, 0.1) is 0 Å². The molecule has 0 aliphatic heterocycles. The first kappa shape index (κ1) is 12.6. The number of primary amides is 1. The van der Waals surface area contributed by atoms with Crippen molar-refractivity contribution < 1.29 is 9.18 Å². The third kappa shape index (κ3) is 2.68. The summed E-state index contributed by atoms with van der Waals surface area (Å²) in [4.78, 5) is 15.0. The maximum Gasteiger partial charge on any atom is 0.237 e. The summed E-state index contributed by atoms with van der Waals surface area (Å²) in [6.45, 7) is 0.0153. The molecular formula is C12H11ClFN3O. The first-order chi connectivity index (χ1) is 8.58. The van der Waals surface area contributed by atoms with Gasteiger partial charge in [0.25, 0.3) is 0 Å². The molecule has 0 saturated heterocycles. The van der Waals surface area contributed by atoms with Crippen molar-refractivity contribution in [3.05, 3.63) is 52.8 Å². The summed E-state index contributed by atoms with van der Waals surface area (Å²) in [6.07, 6.45) is 3.37. The summed E-state index contributed by atoms with van der Waals surface area (Å²) in [5, 5.41) is 0.337. The molecule has 0 atom stereocenters. The fraction of sp³-hybridized carbons (Fsp3) is 0.167. The third-order valence-electron chi connectivity index (χ3n) is 2.52. The Bertz CT molecular complexity index is 562. The van der Waals surface area contributed by atoms with Crippen LogP contribution in [-0.4, -0.2) is 15.5 Å². The lowest BCUT2D eigenvalue weighted by Crippen LogP contribution is -2.20. The van der Waals surface area contributed by atoms with Gasteiger partial charge in [0, 0.05) is 29.4 Å². The molecule has 4 nitrogen and oxygen atoms in total. The van der Waals surface area contributed by atoms with Crippen molar-refractivity contribution in [2.45, 2.75) is 13.0 Å². The Labute approximate surface area is 108 Å². The molecule has 2 N–H and O–H groups in total. The maximum atomic E-state index is 13.6. The van der Waals surface area contributed by atoms with Crippen LogP contribution < -0.4 is 5.73 Å². The van der Waals surface area contributed by atoms with Gasteiger partial charge in [0.1, 0.15) is 18.2 Å². The highest BCUT2D eigenvalue weighted by atomic mass is 35.5. The summed E-state index contributed by atoms with van der Waals surface area (Å²) >= 11 is 5.94. The molecule has 1 aromatic carbocycles. The Morgan fingerprint density at radius 1 is 1.50 bits per heavy atom. The van der Waals surface area contributed by atoms with E-state index < -0.39 is 11.7 Å². The minimum Gasteiger partial charge on any atom is -0.368 e. The normalized spacial score (nSPS) is 10.6. The second kappa shape index (κ2) is 5.18. The highest BCUT2D eigenvalue weighted by Gasteiger charge is 2.12. The minimum absolute atomic E-state index is 0.0153. The molecule has 1 amide bonds. The number of rotatable bonds is 4. The van der Waals surface area contributed by atoms with Crippen LogP contribution in [0.5, 0.6) is 0 Å². The van der Waals surface area contributed by atoms with Gasteiger partial charge in [-0.2, -0.15) is 0 Å². The number of hydrogen-bond acceptors (Lipinski definition) is 2. The van der Waals surface area contributed by atoms with Gasteiger partial charge < -0.3 is 10.3 Å². The molecule has 0 fully saturated rings. The molecule has 94 valence electrons. The fourth-order valence-corrected chi connectivity index (χ4v) is 1.91. The van der Waals surface area contributed by atoms with Crippen LogP contribution in [0.15, 0.2) is 30.6 Å². The molecule has 0 spiro atoms. The van der Waals surface area contributed by atoms with E-state index in [2.05, 4.69) is 4.98 Å². The van der Waals surface area contributed by atoms with Gasteiger partial charge in [-0.25, -0.2) is 9.37 Å². The number of carbonyl (C=O) groups is 1. The molecule has 0 aliphatic rings. The zero-order chi connectivity index (χ0) is 13.1. The largest absolute Gasteiger partial charge is 0.368 e. The quantitative estimate of drug-likeness (QED) is 0.917. The van der Waals surface area contributed by atoms with Crippen LogP contribution >= 0.6 is 11.6 Å². The maximum absolute atomic E-state index is 13.6.